The average Bonchev–Trinajstić information content (AvgIpc) is 2.96. The zero-order valence-electron chi connectivity index (χ0n) is 13.8. The molecule has 3 rings (SSSR count). The summed E-state index contributed by atoms with van der Waals surface area (Å²) >= 11 is 0. The number of quaternary nitrogens is 1. The Morgan fingerprint density at radius 1 is 1.18 bits per heavy atom. The second-order valence-corrected chi connectivity index (χ2v) is 7.73. The van der Waals surface area contributed by atoms with Crippen LogP contribution in [-0.2, 0) is 11.3 Å². The summed E-state index contributed by atoms with van der Waals surface area (Å²) in [5.74, 6) is 1.26. The van der Waals surface area contributed by atoms with Crippen molar-refractivity contribution in [2.45, 2.75) is 32.9 Å². The molecule has 1 aromatic rings. The largest absolute Gasteiger partial charge is 0.444 e. The number of carbonyl (C=O) groups is 1. The zero-order chi connectivity index (χ0) is 15.7. The van der Waals surface area contributed by atoms with E-state index in [9.17, 15) is 4.79 Å². The maximum absolute atomic E-state index is 12.2. The van der Waals surface area contributed by atoms with Gasteiger partial charge in [0.1, 0.15) is 12.1 Å². The van der Waals surface area contributed by atoms with Gasteiger partial charge in [-0.05, 0) is 20.8 Å². The lowest BCUT2D eigenvalue weighted by molar-refractivity contribution is -0.904. The van der Waals surface area contributed by atoms with Crippen molar-refractivity contribution >= 4 is 6.09 Å². The number of nitrogens with zero attached hydrogens (tertiary/aromatic N) is 1. The van der Waals surface area contributed by atoms with Gasteiger partial charge in [0.05, 0.1) is 13.1 Å². The van der Waals surface area contributed by atoms with Crippen LogP contribution in [0.25, 0.3) is 0 Å². The van der Waals surface area contributed by atoms with Crippen molar-refractivity contribution in [3.63, 3.8) is 0 Å². The lowest BCUT2D eigenvalue weighted by Crippen LogP contribution is -3.09. The SMILES string of the molecule is CC(C)(C)OC(=O)N1C[C@@H]2C[NH+](Cc3ccccc3)C[C@@H]2C1. The van der Waals surface area contributed by atoms with E-state index in [1.807, 2.05) is 25.7 Å². The van der Waals surface area contributed by atoms with E-state index < -0.39 is 5.60 Å². The first-order chi connectivity index (χ1) is 10.4. The Bertz CT molecular complexity index is 510. The van der Waals surface area contributed by atoms with Crippen LogP contribution in [0.1, 0.15) is 26.3 Å². The number of ether oxygens (including phenoxy) is 1. The number of hydrogen-bond acceptors (Lipinski definition) is 2. The number of amides is 1. The second-order valence-electron chi connectivity index (χ2n) is 7.73. The average molecular weight is 303 g/mol. The topological polar surface area (TPSA) is 34.0 Å². The first-order valence-electron chi connectivity index (χ1n) is 8.26. The molecule has 1 amide bonds. The molecule has 2 fully saturated rings. The molecule has 0 aliphatic carbocycles. The van der Waals surface area contributed by atoms with Crippen LogP contribution in [-0.4, -0.2) is 42.8 Å². The lowest BCUT2D eigenvalue weighted by atomic mass is 10.0. The third kappa shape index (κ3) is 3.61. The van der Waals surface area contributed by atoms with E-state index in [4.69, 9.17) is 4.74 Å². The number of rotatable bonds is 2. The van der Waals surface area contributed by atoms with Crippen molar-refractivity contribution in [2.75, 3.05) is 26.2 Å². The number of hydrogen-bond donors (Lipinski definition) is 1. The van der Waals surface area contributed by atoms with Gasteiger partial charge in [0.2, 0.25) is 0 Å². The summed E-state index contributed by atoms with van der Waals surface area (Å²) in [5.41, 5.74) is 1.00. The number of nitrogens with one attached hydrogen (secondary N) is 1. The maximum atomic E-state index is 12.2. The Kier molecular flexibility index (Phi) is 4.13. The molecule has 1 N–H and O–H groups in total. The fourth-order valence-corrected chi connectivity index (χ4v) is 3.73. The molecule has 120 valence electrons. The first kappa shape index (κ1) is 15.3. The van der Waals surface area contributed by atoms with Crippen LogP contribution in [0.15, 0.2) is 30.3 Å². The summed E-state index contributed by atoms with van der Waals surface area (Å²) < 4.78 is 5.49. The van der Waals surface area contributed by atoms with Crippen LogP contribution >= 0.6 is 0 Å². The van der Waals surface area contributed by atoms with E-state index in [0.717, 1.165) is 19.6 Å². The maximum Gasteiger partial charge on any atom is 0.410 e. The highest BCUT2D eigenvalue weighted by atomic mass is 16.6. The smallest absolute Gasteiger partial charge is 0.410 e. The molecule has 1 aromatic carbocycles. The summed E-state index contributed by atoms with van der Waals surface area (Å²) in [5, 5.41) is 0. The molecule has 0 saturated carbocycles. The van der Waals surface area contributed by atoms with Crippen molar-refractivity contribution < 1.29 is 14.4 Å². The number of carbonyl (C=O) groups excluding carboxylic acids is 1. The van der Waals surface area contributed by atoms with Gasteiger partial charge >= 0.3 is 6.09 Å². The molecule has 4 nitrogen and oxygen atoms in total. The summed E-state index contributed by atoms with van der Waals surface area (Å²) in [6.45, 7) is 10.9. The molecule has 2 aliphatic rings. The molecule has 2 aliphatic heterocycles. The Balaban J connectivity index is 1.51. The molecule has 0 bridgehead atoms. The van der Waals surface area contributed by atoms with Crippen molar-refractivity contribution in [2.24, 2.45) is 11.8 Å². The summed E-state index contributed by atoms with van der Waals surface area (Å²) in [6.07, 6.45) is -0.147. The first-order valence-corrected chi connectivity index (χ1v) is 8.26. The molecular weight excluding hydrogens is 276 g/mol. The highest BCUT2D eigenvalue weighted by Crippen LogP contribution is 2.26. The van der Waals surface area contributed by atoms with Gasteiger partial charge in [-0.2, -0.15) is 0 Å². The zero-order valence-corrected chi connectivity index (χ0v) is 13.8. The van der Waals surface area contributed by atoms with Crippen LogP contribution < -0.4 is 4.90 Å². The Morgan fingerprint density at radius 2 is 1.77 bits per heavy atom. The van der Waals surface area contributed by atoms with Gasteiger partial charge in [0.25, 0.3) is 0 Å². The predicted octanol–water partition coefficient (Wildman–Crippen LogP) is 1.57. The summed E-state index contributed by atoms with van der Waals surface area (Å²) in [6, 6.07) is 10.7. The summed E-state index contributed by atoms with van der Waals surface area (Å²) in [4.78, 5) is 15.7. The van der Waals surface area contributed by atoms with Crippen molar-refractivity contribution in [1.82, 2.24) is 4.90 Å². The quantitative estimate of drug-likeness (QED) is 0.900. The molecule has 0 spiro atoms. The predicted molar refractivity (Wildman–Crippen MR) is 85.6 cm³/mol. The minimum Gasteiger partial charge on any atom is -0.444 e. The minimum absolute atomic E-state index is 0.147. The van der Waals surface area contributed by atoms with Gasteiger partial charge in [0.15, 0.2) is 0 Å². The van der Waals surface area contributed by atoms with Gasteiger partial charge in [-0.3, -0.25) is 0 Å². The van der Waals surface area contributed by atoms with E-state index in [1.165, 1.54) is 18.7 Å². The minimum atomic E-state index is -0.403. The van der Waals surface area contributed by atoms with Crippen molar-refractivity contribution in [3.8, 4) is 0 Å². The third-order valence-electron chi connectivity index (χ3n) is 4.63. The van der Waals surface area contributed by atoms with Gasteiger partial charge in [-0.15, -0.1) is 0 Å². The highest BCUT2D eigenvalue weighted by Gasteiger charge is 2.45. The van der Waals surface area contributed by atoms with Gasteiger partial charge < -0.3 is 14.5 Å². The van der Waals surface area contributed by atoms with Crippen LogP contribution in [0.4, 0.5) is 4.79 Å². The van der Waals surface area contributed by atoms with Gasteiger partial charge in [-0.25, -0.2) is 4.79 Å². The summed E-state index contributed by atoms with van der Waals surface area (Å²) in [7, 11) is 0. The fraction of sp³-hybridized carbons (Fsp3) is 0.611. The Labute approximate surface area is 133 Å². The molecule has 4 heteroatoms. The Morgan fingerprint density at radius 3 is 2.32 bits per heavy atom. The van der Waals surface area contributed by atoms with E-state index in [-0.39, 0.29) is 6.09 Å². The number of fused-ring (bicyclic) bond motifs is 1. The number of benzene rings is 1. The molecule has 0 radical (unpaired) electrons. The molecule has 1 unspecified atom stereocenters. The van der Waals surface area contributed by atoms with E-state index >= 15 is 0 Å². The molecule has 2 heterocycles. The third-order valence-corrected chi connectivity index (χ3v) is 4.63. The molecular formula is C18H27N2O2+. The Hall–Kier alpha value is -1.55. The number of likely N-dealkylation sites (tertiary alicyclic amines) is 2. The van der Waals surface area contributed by atoms with Crippen LogP contribution in [0.2, 0.25) is 0 Å². The van der Waals surface area contributed by atoms with E-state index in [2.05, 4.69) is 30.3 Å². The van der Waals surface area contributed by atoms with Gasteiger partial charge in [0, 0.05) is 30.5 Å². The molecule has 2 saturated heterocycles. The van der Waals surface area contributed by atoms with Crippen molar-refractivity contribution in [3.05, 3.63) is 35.9 Å². The van der Waals surface area contributed by atoms with Crippen LogP contribution in [0.3, 0.4) is 0 Å². The van der Waals surface area contributed by atoms with Gasteiger partial charge in [-0.1, -0.05) is 30.3 Å². The molecule has 22 heavy (non-hydrogen) atoms. The van der Waals surface area contributed by atoms with Crippen LogP contribution in [0, 0.1) is 11.8 Å². The monoisotopic (exact) mass is 303 g/mol. The fourth-order valence-electron chi connectivity index (χ4n) is 3.73. The normalized spacial score (nSPS) is 27.8. The van der Waals surface area contributed by atoms with E-state index in [0.29, 0.717) is 11.8 Å². The van der Waals surface area contributed by atoms with E-state index in [1.54, 1.807) is 4.90 Å². The molecule has 3 atom stereocenters. The standard InChI is InChI=1S/C18H26N2O2/c1-18(2,3)22-17(21)20-12-15-10-19(11-16(15)13-20)9-14-7-5-4-6-8-14/h4-8,15-16H,9-13H2,1-3H3/p+1/t15-,16+. The second kappa shape index (κ2) is 5.92. The highest BCUT2D eigenvalue weighted by molar-refractivity contribution is 5.68. The lowest BCUT2D eigenvalue weighted by Gasteiger charge is -2.25. The molecule has 0 aromatic heterocycles. The van der Waals surface area contributed by atoms with Crippen molar-refractivity contribution in [1.29, 1.82) is 0 Å². The van der Waals surface area contributed by atoms with Crippen LogP contribution in [0.5, 0.6) is 0 Å².